The number of Topliss-reactive ketones (excluding diaryl/α,β-unsaturated/α-hetero) is 1. The lowest BCUT2D eigenvalue weighted by Crippen LogP contribution is -2.40. The molecule has 2 rings (SSSR count). The molecule has 50 heavy (non-hydrogen) atoms. The summed E-state index contributed by atoms with van der Waals surface area (Å²) in [5.41, 5.74) is -3.68. The lowest BCUT2D eigenvalue weighted by atomic mass is 10.1. The number of benzene rings is 1. The molecular weight excluding hydrogens is 767 g/mol. The number of ether oxygens (including phenoxy) is 2. The average Bonchev–Trinajstić information content (AvgIpc) is 3.01. The van der Waals surface area contributed by atoms with Gasteiger partial charge in [0.15, 0.2) is 12.1 Å². The summed E-state index contributed by atoms with van der Waals surface area (Å²) in [4.78, 5) is 35.6. The molecule has 1 heterocycles. The van der Waals surface area contributed by atoms with E-state index >= 15 is 0 Å². The predicted octanol–water partition coefficient (Wildman–Crippen LogP) is 8.22. The Hall–Kier alpha value is -1.59. The molecule has 0 spiro atoms. The van der Waals surface area contributed by atoms with E-state index in [1.54, 1.807) is 0 Å². The standard InChI is InChI=1S/C14H10ClF3N2O3.C8H20O5P2S2.C6H14O2.C2H4/c1-7(21)9-5-8(3-4-10(9)15)20-12(22)6-11(14(16,17)18)19(2)13(20)23;1-5-9-14(16,10-6-2)13-15(17,11-7-3)12-8-4;1-4-7-6(3)8-5-2;1-2/h3-6H,1-2H3;5-8H2,1-4H3;6H,4-5H2,1-3H3;1-2H2. The largest absolute Gasteiger partial charge is 0.431 e. The summed E-state index contributed by atoms with van der Waals surface area (Å²) >= 11 is 16.3. The van der Waals surface area contributed by atoms with Crippen molar-refractivity contribution in [1.82, 2.24) is 9.13 Å². The van der Waals surface area contributed by atoms with Crippen LogP contribution in [0.4, 0.5) is 13.2 Å². The fraction of sp³-hybridized carbons (Fsp3) is 0.567. The van der Waals surface area contributed by atoms with Gasteiger partial charge < -0.3 is 27.6 Å². The highest BCUT2D eigenvalue weighted by molar-refractivity contribution is 8.14. The van der Waals surface area contributed by atoms with E-state index in [9.17, 15) is 27.6 Å². The van der Waals surface area contributed by atoms with Crippen LogP contribution in [0.25, 0.3) is 5.69 Å². The summed E-state index contributed by atoms with van der Waals surface area (Å²) in [5, 5.41) is 0.109. The van der Waals surface area contributed by atoms with Gasteiger partial charge in [-0.1, -0.05) is 11.6 Å². The smallest absolute Gasteiger partial charge is 0.353 e. The maximum atomic E-state index is 12.8. The number of alkyl halides is 3. The van der Waals surface area contributed by atoms with Crippen molar-refractivity contribution in [3.8, 4) is 5.69 Å². The first kappa shape index (κ1) is 50.5. The quantitative estimate of drug-likeness (QED) is 0.0702. The second-order valence-electron chi connectivity index (χ2n) is 8.89. The normalized spacial score (nSPS) is 11.5. The molecular formula is C30H48ClF3N2O10P2S2. The van der Waals surface area contributed by atoms with E-state index in [2.05, 4.69) is 13.2 Å². The van der Waals surface area contributed by atoms with Crippen LogP contribution in [0.15, 0.2) is 47.0 Å². The van der Waals surface area contributed by atoms with Gasteiger partial charge in [0.1, 0.15) is 5.69 Å². The fourth-order valence-corrected chi connectivity index (χ4v) is 10.1. The van der Waals surface area contributed by atoms with Crippen molar-refractivity contribution < 1.29 is 49.8 Å². The third-order valence-electron chi connectivity index (χ3n) is 5.35. The highest BCUT2D eigenvalue weighted by Gasteiger charge is 2.35. The molecule has 2 aromatic rings. The molecule has 1 aromatic carbocycles. The van der Waals surface area contributed by atoms with Gasteiger partial charge in [-0.15, -0.1) is 13.2 Å². The minimum Gasteiger partial charge on any atom is -0.353 e. The fourth-order valence-electron chi connectivity index (χ4n) is 3.50. The van der Waals surface area contributed by atoms with Crippen LogP contribution in [0, 0.1) is 0 Å². The molecule has 0 aliphatic rings. The molecule has 0 aliphatic heterocycles. The highest BCUT2D eigenvalue weighted by Crippen LogP contribution is 2.66. The van der Waals surface area contributed by atoms with Crippen molar-refractivity contribution in [1.29, 1.82) is 0 Å². The summed E-state index contributed by atoms with van der Waals surface area (Å²) in [6.45, 7) is 17.6. The zero-order valence-electron chi connectivity index (χ0n) is 29.7. The summed E-state index contributed by atoms with van der Waals surface area (Å²) in [6.07, 6.45) is -4.87. The molecule has 0 saturated carbocycles. The van der Waals surface area contributed by atoms with Crippen LogP contribution in [0.2, 0.25) is 5.02 Å². The van der Waals surface area contributed by atoms with E-state index in [0.29, 0.717) is 41.6 Å². The van der Waals surface area contributed by atoms with Crippen molar-refractivity contribution in [3.05, 3.63) is 74.5 Å². The first-order chi connectivity index (χ1) is 23.3. The van der Waals surface area contributed by atoms with E-state index in [-0.39, 0.29) is 22.6 Å². The van der Waals surface area contributed by atoms with Crippen LogP contribution in [-0.4, -0.2) is 60.8 Å². The van der Waals surface area contributed by atoms with Crippen LogP contribution in [-0.2, 0) is 68.7 Å². The Kier molecular flexibility index (Phi) is 25.7. The summed E-state index contributed by atoms with van der Waals surface area (Å²) in [5.74, 6) is -0.409. The van der Waals surface area contributed by atoms with E-state index in [0.717, 1.165) is 20.3 Å². The molecule has 288 valence electrons. The van der Waals surface area contributed by atoms with Crippen LogP contribution in [0.1, 0.15) is 71.4 Å². The number of carbonyl (C=O) groups is 1. The van der Waals surface area contributed by atoms with Gasteiger partial charge in [-0.2, -0.15) is 13.2 Å². The lowest BCUT2D eigenvalue weighted by molar-refractivity contribution is -0.144. The molecule has 0 unspecified atom stereocenters. The van der Waals surface area contributed by atoms with Crippen molar-refractivity contribution >= 4 is 54.4 Å². The van der Waals surface area contributed by atoms with Gasteiger partial charge in [-0.3, -0.25) is 14.2 Å². The number of nitrogens with zero attached hydrogens (tertiary/aromatic N) is 2. The van der Waals surface area contributed by atoms with E-state index in [1.165, 1.54) is 25.1 Å². The van der Waals surface area contributed by atoms with E-state index < -0.39 is 42.3 Å². The molecule has 0 N–H and O–H groups in total. The van der Waals surface area contributed by atoms with Crippen LogP contribution < -0.4 is 11.2 Å². The molecule has 0 fully saturated rings. The monoisotopic (exact) mass is 814 g/mol. The van der Waals surface area contributed by atoms with Gasteiger partial charge in [0.25, 0.3) is 5.56 Å². The Morgan fingerprint density at radius 1 is 0.860 bits per heavy atom. The Bertz CT molecular complexity index is 1490. The van der Waals surface area contributed by atoms with E-state index in [4.69, 9.17) is 67.1 Å². The molecule has 20 heteroatoms. The van der Waals surface area contributed by atoms with Crippen LogP contribution in [0.5, 0.6) is 0 Å². The molecule has 0 saturated heterocycles. The van der Waals surface area contributed by atoms with Gasteiger partial charge >= 0.3 is 25.3 Å². The van der Waals surface area contributed by atoms with Crippen molar-refractivity contribution in [2.24, 2.45) is 7.05 Å². The Morgan fingerprint density at radius 3 is 1.62 bits per heavy atom. The Labute approximate surface area is 307 Å². The summed E-state index contributed by atoms with van der Waals surface area (Å²) in [7, 11) is 0.906. The molecule has 0 amide bonds. The summed E-state index contributed by atoms with van der Waals surface area (Å²) in [6, 6.07) is 4.06. The molecule has 0 atom stereocenters. The van der Waals surface area contributed by atoms with Gasteiger partial charge in [-0.05, 0) is 97.2 Å². The highest BCUT2D eigenvalue weighted by atomic mass is 35.5. The van der Waals surface area contributed by atoms with Crippen molar-refractivity contribution in [2.75, 3.05) is 39.6 Å². The second-order valence-corrected chi connectivity index (χ2v) is 15.5. The van der Waals surface area contributed by atoms with E-state index in [1.807, 2.05) is 48.5 Å². The number of ketones is 1. The van der Waals surface area contributed by atoms with Crippen molar-refractivity contribution in [3.63, 3.8) is 0 Å². The molecule has 0 radical (unpaired) electrons. The number of hydrogen-bond acceptors (Lipinski definition) is 12. The van der Waals surface area contributed by atoms with Gasteiger partial charge in [-0.25, -0.2) is 13.7 Å². The average molecular weight is 815 g/mol. The number of hydrogen-bond donors (Lipinski definition) is 0. The zero-order valence-corrected chi connectivity index (χ0v) is 33.9. The first-order valence-electron chi connectivity index (χ1n) is 15.2. The molecule has 1 aromatic heterocycles. The van der Waals surface area contributed by atoms with Crippen LogP contribution in [0.3, 0.4) is 0 Å². The summed E-state index contributed by atoms with van der Waals surface area (Å²) < 4.78 is 76.3. The van der Waals surface area contributed by atoms with Crippen LogP contribution >= 0.6 is 25.0 Å². The predicted molar refractivity (Wildman–Crippen MR) is 197 cm³/mol. The number of carbonyl (C=O) groups excluding carboxylic acids is 1. The number of halogens is 4. The maximum absolute atomic E-state index is 12.8. The minimum atomic E-state index is -4.84. The second kappa shape index (κ2) is 25.4. The topological polar surface area (TPSA) is 126 Å². The first-order valence-corrected chi connectivity index (χ1v) is 20.7. The van der Waals surface area contributed by atoms with Gasteiger partial charge in [0, 0.05) is 31.9 Å². The Morgan fingerprint density at radius 2 is 1.28 bits per heavy atom. The third kappa shape index (κ3) is 17.8. The third-order valence-corrected chi connectivity index (χ3v) is 12.0. The van der Waals surface area contributed by atoms with Crippen molar-refractivity contribution in [2.45, 2.75) is 67.9 Å². The number of aromatic nitrogens is 2. The van der Waals surface area contributed by atoms with Gasteiger partial charge in [0.05, 0.1) is 37.1 Å². The maximum Gasteiger partial charge on any atom is 0.431 e. The molecule has 0 bridgehead atoms. The Balaban J connectivity index is 0. The SMILES string of the molecule is C=C.CC(=O)c1cc(-n2c(=O)cc(C(F)(F)F)n(C)c2=O)ccc1Cl.CCOC(C)OCC.CCOP(=S)(OCC)OP(=S)(OCC)OCC. The van der Waals surface area contributed by atoms with Gasteiger partial charge in [0.2, 0.25) is 0 Å². The lowest BCUT2D eigenvalue weighted by Gasteiger charge is -2.27. The minimum absolute atomic E-state index is 0.0370. The number of rotatable bonds is 16. The molecule has 12 nitrogen and oxygen atoms in total. The zero-order chi connectivity index (χ0) is 39.3. The molecule has 0 aliphatic carbocycles.